The van der Waals surface area contributed by atoms with Crippen LogP contribution in [0.4, 0.5) is 0 Å². The van der Waals surface area contributed by atoms with Crippen LogP contribution in [-0.4, -0.2) is 12.6 Å². The van der Waals surface area contributed by atoms with E-state index in [1.807, 2.05) is 6.92 Å². The minimum atomic E-state index is 0.0116. The van der Waals surface area contributed by atoms with Crippen LogP contribution in [0.5, 0.6) is 0 Å². The van der Waals surface area contributed by atoms with Crippen molar-refractivity contribution in [2.45, 2.75) is 33.1 Å². The Morgan fingerprint density at radius 1 is 1.55 bits per heavy atom. The highest BCUT2D eigenvalue weighted by atomic mass is 16.5. The van der Waals surface area contributed by atoms with Gasteiger partial charge in [0.2, 0.25) is 0 Å². The second kappa shape index (κ2) is 3.74. The summed E-state index contributed by atoms with van der Waals surface area (Å²) in [5, 5.41) is 0. The molecule has 1 unspecified atom stereocenters. The Hall–Kier alpha value is -0.530. The monoisotopic (exact) mass is 156 g/mol. The first-order chi connectivity index (χ1) is 5.25. The summed E-state index contributed by atoms with van der Waals surface area (Å²) in [7, 11) is 0. The van der Waals surface area contributed by atoms with E-state index in [0.29, 0.717) is 12.5 Å². The van der Waals surface area contributed by atoms with Gasteiger partial charge in [0.05, 0.1) is 12.5 Å². The molecule has 0 radical (unpaired) electrons. The Balaban J connectivity index is 2.39. The molecular formula is C9H16O2. The second-order valence-electron chi connectivity index (χ2n) is 3.27. The summed E-state index contributed by atoms with van der Waals surface area (Å²) >= 11 is 0. The molecule has 0 saturated heterocycles. The summed E-state index contributed by atoms with van der Waals surface area (Å²) in [4.78, 5) is 11.2. The van der Waals surface area contributed by atoms with Crippen LogP contribution in [0.15, 0.2) is 0 Å². The molecule has 0 aromatic carbocycles. The number of rotatable bonds is 2. The van der Waals surface area contributed by atoms with Crippen molar-refractivity contribution in [3.05, 3.63) is 0 Å². The molecule has 0 aromatic rings. The van der Waals surface area contributed by atoms with Crippen LogP contribution >= 0.6 is 0 Å². The van der Waals surface area contributed by atoms with Crippen LogP contribution in [0.2, 0.25) is 0 Å². The minimum absolute atomic E-state index is 0.0116. The molecule has 0 N–H and O–H groups in total. The maximum atomic E-state index is 11.2. The van der Waals surface area contributed by atoms with Crippen molar-refractivity contribution >= 4 is 5.97 Å². The highest BCUT2D eigenvalue weighted by molar-refractivity contribution is 5.73. The van der Waals surface area contributed by atoms with Crippen molar-refractivity contribution < 1.29 is 9.53 Å². The van der Waals surface area contributed by atoms with Gasteiger partial charge in [0.25, 0.3) is 0 Å². The molecule has 0 heterocycles. The maximum absolute atomic E-state index is 11.2. The average molecular weight is 156 g/mol. The smallest absolute Gasteiger partial charge is 0.309 e. The molecule has 2 atom stereocenters. The van der Waals surface area contributed by atoms with Gasteiger partial charge >= 0.3 is 5.97 Å². The zero-order chi connectivity index (χ0) is 8.27. The van der Waals surface area contributed by atoms with Crippen molar-refractivity contribution in [1.82, 2.24) is 0 Å². The van der Waals surface area contributed by atoms with Gasteiger partial charge in [0.15, 0.2) is 0 Å². The Morgan fingerprint density at radius 2 is 2.27 bits per heavy atom. The fraction of sp³-hybridized carbons (Fsp3) is 0.889. The molecule has 2 heteroatoms. The van der Waals surface area contributed by atoms with Gasteiger partial charge < -0.3 is 4.74 Å². The van der Waals surface area contributed by atoms with E-state index in [1.165, 1.54) is 12.8 Å². The normalized spacial score (nSPS) is 30.4. The molecule has 1 rings (SSSR count). The van der Waals surface area contributed by atoms with Crippen LogP contribution in [0.1, 0.15) is 33.1 Å². The van der Waals surface area contributed by atoms with Gasteiger partial charge in [-0.05, 0) is 25.7 Å². The number of carbonyl (C=O) groups excluding carboxylic acids is 1. The molecule has 0 spiro atoms. The van der Waals surface area contributed by atoms with Crippen LogP contribution in [-0.2, 0) is 9.53 Å². The number of hydrogen-bond acceptors (Lipinski definition) is 2. The van der Waals surface area contributed by atoms with Crippen LogP contribution in [0.25, 0.3) is 0 Å². The zero-order valence-corrected chi connectivity index (χ0v) is 7.30. The molecule has 2 nitrogen and oxygen atoms in total. The third-order valence-electron chi connectivity index (χ3n) is 2.45. The van der Waals surface area contributed by atoms with Crippen molar-refractivity contribution in [1.29, 1.82) is 0 Å². The highest BCUT2D eigenvalue weighted by Crippen LogP contribution is 2.31. The van der Waals surface area contributed by atoms with E-state index in [1.54, 1.807) is 0 Å². The van der Waals surface area contributed by atoms with Crippen LogP contribution in [0, 0.1) is 11.8 Å². The Labute approximate surface area is 67.9 Å². The van der Waals surface area contributed by atoms with Gasteiger partial charge in [-0.15, -0.1) is 0 Å². The first kappa shape index (κ1) is 8.57. The van der Waals surface area contributed by atoms with E-state index < -0.39 is 0 Å². The molecule has 64 valence electrons. The summed E-state index contributed by atoms with van der Waals surface area (Å²) in [5.41, 5.74) is 0. The largest absolute Gasteiger partial charge is 0.466 e. The lowest BCUT2D eigenvalue weighted by atomic mass is 9.99. The molecular weight excluding hydrogens is 140 g/mol. The number of hydrogen-bond donors (Lipinski definition) is 0. The van der Waals surface area contributed by atoms with Gasteiger partial charge in [-0.3, -0.25) is 4.79 Å². The highest BCUT2D eigenvalue weighted by Gasteiger charge is 2.30. The third-order valence-corrected chi connectivity index (χ3v) is 2.45. The molecule has 1 aliphatic carbocycles. The maximum Gasteiger partial charge on any atom is 0.309 e. The SMILES string of the molecule is CCOC(=O)[C@H]1CCCC1C. The number of carbonyl (C=O) groups is 1. The average Bonchev–Trinajstić information content (AvgIpc) is 2.36. The Morgan fingerprint density at radius 3 is 2.73 bits per heavy atom. The summed E-state index contributed by atoms with van der Waals surface area (Å²) in [6.07, 6.45) is 3.40. The first-order valence-electron chi connectivity index (χ1n) is 4.42. The van der Waals surface area contributed by atoms with Gasteiger partial charge in [0.1, 0.15) is 0 Å². The molecule has 11 heavy (non-hydrogen) atoms. The van der Waals surface area contributed by atoms with Crippen LogP contribution in [0.3, 0.4) is 0 Å². The molecule has 1 saturated carbocycles. The van der Waals surface area contributed by atoms with Gasteiger partial charge in [0, 0.05) is 0 Å². The lowest BCUT2D eigenvalue weighted by Crippen LogP contribution is -2.19. The van der Waals surface area contributed by atoms with Crippen LogP contribution < -0.4 is 0 Å². The molecule has 0 aromatic heterocycles. The van der Waals surface area contributed by atoms with E-state index in [9.17, 15) is 4.79 Å². The van der Waals surface area contributed by atoms with E-state index in [-0.39, 0.29) is 11.9 Å². The van der Waals surface area contributed by atoms with Gasteiger partial charge in [-0.2, -0.15) is 0 Å². The fourth-order valence-corrected chi connectivity index (χ4v) is 1.74. The predicted molar refractivity (Wildman–Crippen MR) is 43.1 cm³/mol. The lowest BCUT2D eigenvalue weighted by molar-refractivity contribution is -0.149. The van der Waals surface area contributed by atoms with E-state index >= 15 is 0 Å². The summed E-state index contributed by atoms with van der Waals surface area (Å²) in [6.45, 7) is 4.51. The number of esters is 1. The molecule has 1 fully saturated rings. The fourth-order valence-electron chi connectivity index (χ4n) is 1.74. The topological polar surface area (TPSA) is 26.3 Å². The standard InChI is InChI=1S/C9H16O2/c1-3-11-9(10)8-6-4-5-7(8)2/h7-8H,3-6H2,1-2H3/t7?,8-/m0/s1. The Kier molecular flexibility index (Phi) is 2.92. The summed E-state index contributed by atoms with van der Waals surface area (Å²) in [5.74, 6) is 0.737. The molecule has 0 amide bonds. The van der Waals surface area contributed by atoms with Crippen molar-refractivity contribution in [3.8, 4) is 0 Å². The predicted octanol–water partition coefficient (Wildman–Crippen LogP) is 1.99. The zero-order valence-electron chi connectivity index (χ0n) is 7.30. The van der Waals surface area contributed by atoms with E-state index in [2.05, 4.69) is 6.92 Å². The summed E-state index contributed by atoms with van der Waals surface area (Å²) in [6, 6.07) is 0. The molecule has 0 aliphatic heterocycles. The summed E-state index contributed by atoms with van der Waals surface area (Å²) < 4.78 is 4.96. The second-order valence-corrected chi connectivity index (χ2v) is 3.27. The molecule has 0 bridgehead atoms. The van der Waals surface area contributed by atoms with Gasteiger partial charge in [-0.1, -0.05) is 13.3 Å². The van der Waals surface area contributed by atoms with Crippen molar-refractivity contribution in [3.63, 3.8) is 0 Å². The van der Waals surface area contributed by atoms with Crippen molar-refractivity contribution in [2.24, 2.45) is 11.8 Å². The molecule has 1 aliphatic rings. The van der Waals surface area contributed by atoms with E-state index in [4.69, 9.17) is 4.74 Å². The minimum Gasteiger partial charge on any atom is -0.466 e. The lowest BCUT2D eigenvalue weighted by Gasteiger charge is -2.12. The third kappa shape index (κ3) is 1.95. The van der Waals surface area contributed by atoms with Gasteiger partial charge in [-0.25, -0.2) is 0 Å². The van der Waals surface area contributed by atoms with Crippen molar-refractivity contribution in [2.75, 3.05) is 6.61 Å². The number of ether oxygens (including phenoxy) is 1. The quantitative estimate of drug-likeness (QED) is 0.571. The Bertz CT molecular complexity index is 142. The van der Waals surface area contributed by atoms with E-state index in [0.717, 1.165) is 6.42 Å². The first-order valence-corrected chi connectivity index (χ1v) is 4.42.